The number of pyridine rings is 1. The molecule has 2 N–H and O–H groups in total. The van der Waals surface area contributed by atoms with Gasteiger partial charge in [-0.05, 0) is 37.3 Å². The van der Waals surface area contributed by atoms with Crippen molar-refractivity contribution in [2.45, 2.75) is 13.0 Å². The quantitative estimate of drug-likeness (QED) is 0.483. The van der Waals surface area contributed by atoms with Gasteiger partial charge in [-0.25, -0.2) is 19.3 Å². The van der Waals surface area contributed by atoms with Crippen molar-refractivity contribution in [3.63, 3.8) is 0 Å². The number of hydrogen-bond donors (Lipinski definition) is 2. The number of rotatable bonds is 4. The number of imidazole rings is 2. The van der Waals surface area contributed by atoms with Gasteiger partial charge in [-0.1, -0.05) is 18.2 Å². The summed E-state index contributed by atoms with van der Waals surface area (Å²) in [6.07, 6.45) is 3.34. The standard InChI is InChI=1S/C21H17FN6/c1-13(26-17-9-10-23-20-19(17)24-12-25-20)21-27-16-8-7-14(22)11-18(16)28(21)15-5-3-2-4-6-15/h2-13H,1H3,(H2,23,24,25,26). The number of halogens is 1. The molecule has 5 aromatic rings. The smallest absolute Gasteiger partial charge is 0.179 e. The highest BCUT2D eigenvalue weighted by atomic mass is 19.1. The van der Waals surface area contributed by atoms with Crippen LogP contribution in [0.1, 0.15) is 18.8 Å². The van der Waals surface area contributed by atoms with Crippen LogP contribution >= 0.6 is 0 Å². The second-order valence-corrected chi connectivity index (χ2v) is 6.60. The van der Waals surface area contributed by atoms with E-state index in [0.717, 1.165) is 33.7 Å². The van der Waals surface area contributed by atoms with E-state index in [9.17, 15) is 4.39 Å². The van der Waals surface area contributed by atoms with Gasteiger partial charge in [0, 0.05) is 18.0 Å². The number of aromatic amines is 1. The van der Waals surface area contributed by atoms with Gasteiger partial charge < -0.3 is 10.3 Å². The third kappa shape index (κ3) is 2.68. The van der Waals surface area contributed by atoms with Crippen LogP contribution in [0, 0.1) is 5.82 Å². The average Bonchev–Trinajstić information content (AvgIpc) is 3.33. The predicted octanol–water partition coefficient (Wildman–Crippen LogP) is 4.61. The monoisotopic (exact) mass is 372 g/mol. The summed E-state index contributed by atoms with van der Waals surface area (Å²) in [5.41, 5.74) is 4.78. The molecule has 3 aromatic heterocycles. The Labute approximate surface area is 160 Å². The minimum absolute atomic E-state index is 0.149. The first-order chi connectivity index (χ1) is 13.7. The summed E-state index contributed by atoms with van der Waals surface area (Å²) in [6, 6.07) is 16.3. The molecule has 1 unspecified atom stereocenters. The number of H-pyrrole nitrogens is 1. The summed E-state index contributed by atoms with van der Waals surface area (Å²) in [4.78, 5) is 16.3. The fraction of sp³-hybridized carbons (Fsp3) is 0.0952. The zero-order chi connectivity index (χ0) is 19.1. The van der Waals surface area contributed by atoms with E-state index in [4.69, 9.17) is 4.98 Å². The van der Waals surface area contributed by atoms with E-state index in [1.165, 1.54) is 12.1 Å². The van der Waals surface area contributed by atoms with Crippen LogP contribution < -0.4 is 5.32 Å². The van der Waals surface area contributed by atoms with Crippen LogP contribution in [0.5, 0.6) is 0 Å². The van der Waals surface area contributed by atoms with Gasteiger partial charge in [0.25, 0.3) is 0 Å². The molecule has 7 heteroatoms. The van der Waals surface area contributed by atoms with Crippen molar-refractivity contribution in [2.75, 3.05) is 5.32 Å². The topological polar surface area (TPSA) is 71.4 Å². The van der Waals surface area contributed by atoms with Crippen LogP contribution in [0.15, 0.2) is 67.1 Å². The Morgan fingerprint density at radius 3 is 2.79 bits per heavy atom. The van der Waals surface area contributed by atoms with E-state index >= 15 is 0 Å². The molecule has 0 amide bonds. The number of para-hydroxylation sites is 1. The van der Waals surface area contributed by atoms with Crippen molar-refractivity contribution in [3.8, 4) is 5.69 Å². The van der Waals surface area contributed by atoms with Gasteiger partial charge in [-0.3, -0.25) is 4.57 Å². The third-order valence-corrected chi connectivity index (χ3v) is 4.74. The lowest BCUT2D eigenvalue weighted by molar-refractivity contribution is 0.629. The average molecular weight is 372 g/mol. The first kappa shape index (κ1) is 16.4. The van der Waals surface area contributed by atoms with Crippen LogP contribution in [0.2, 0.25) is 0 Å². The second-order valence-electron chi connectivity index (χ2n) is 6.60. The van der Waals surface area contributed by atoms with Gasteiger partial charge >= 0.3 is 0 Å². The second kappa shape index (κ2) is 6.45. The molecule has 0 aliphatic rings. The van der Waals surface area contributed by atoms with E-state index in [1.54, 1.807) is 18.6 Å². The maximum Gasteiger partial charge on any atom is 0.179 e. The Bertz CT molecular complexity index is 1270. The fourth-order valence-corrected chi connectivity index (χ4v) is 3.47. The SMILES string of the molecule is CC(Nc1ccnc2nc[nH]c12)c1nc2ccc(F)cc2n1-c1ccccc1. The third-order valence-electron chi connectivity index (χ3n) is 4.74. The largest absolute Gasteiger partial charge is 0.374 e. The van der Waals surface area contributed by atoms with Crippen molar-refractivity contribution >= 4 is 27.9 Å². The molecule has 0 aliphatic heterocycles. The Kier molecular flexibility index (Phi) is 3.79. The molecule has 1 atom stereocenters. The minimum atomic E-state index is -0.287. The molecule has 0 spiro atoms. The summed E-state index contributed by atoms with van der Waals surface area (Å²) in [7, 11) is 0. The van der Waals surface area contributed by atoms with E-state index in [2.05, 4.69) is 20.3 Å². The molecular formula is C21H17FN6. The fourth-order valence-electron chi connectivity index (χ4n) is 3.47. The van der Waals surface area contributed by atoms with Crippen molar-refractivity contribution < 1.29 is 4.39 Å². The first-order valence-electron chi connectivity index (χ1n) is 8.98. The van der Waals surface area contributed by atoms with E-state index in [1.807, 2.05) is 47.9 Å². The number of fused-ring (bicyclic) bond motifs is 2. The lowest BCUT2D eigenvalue weighted by Gasteiger charge is -2.17. The summed E-state index contributed by atoms with van der Waals surface area (Å²) in [6.45, 7) is 2.03. The zero-order valence-corrected chi connectivity index (χ0v) is 15.1. The molecule has 3 heterocycles. The number of nitrogens with one attached hydrogen (secondary N) is 2. The van der Waals surface area contributed by atoms with Gasteiger partial charge in [0.15, 0.2) is 5.65 Å². The molecule has 0 aliphatic carbocycles. The molecular weight excluding hydrogens is 355 g/mol. The van der Waals surface area contributed by atoms with Crippen molar-refractivity contribution in [3.05, 3.63) is 78.8 Å². The molecule has 0 saturated heterocycles. The van der Waals surface area contributed by atoms with Crippen LogP contribution in [-0.2, 0) is 0 Å². The van der Waals surface area contributed by atoms with Crippen molar-refractivity contribution in [1.82, 2.24) is 24.5 Å². The van der Waals surface area contributed by atoms with Crippen LogP contribution in [-0.4, -0.2) is 24.5 Å². The minimum Gasteiger partial charge on any atom is -0.374 e. The normalized spacial score (nSPS) is 12.5. The Balaban J connectivity index is 1.64. The summed E-state index contributed by atoms with van der Waals surface area (Å²) in [5.74, 6) is 0.501. The van der Waals surface area contributed by atoms with E-state index in [-0.39, 0.29) is 11.9 Å². The van der Waals surface area contributed by atoms with E-state index < -0.39 is 0 Å². The summed E-state index contributed by atoms with van der Waals surface area (Å²) >= 11 is 0. The molecule has 0 saturated carbocycles. The number of aromatic nitrogens is 5. The summed E-state index contributed by atoms with van der Waals surface area (Å²) < 4.78 is 15.9. The molecule has 5 rings (SSSR count). The number of anilines is 1. The van der Waals surface area contributed by atoms with Crippen molar-refractivity contribution in [1.29, 1.82) is 0 Å². The van der Waals surface area contributed by atoms with Gasteiger partial charge in [-0.2, -0.15) is 0 Å². The highest BCUT2D eigenvalue weighted by Gasteiger charge is 2.19. The van der Waals surface area contributed by atoms with E-state index in [0.29, 0.717) is 5.65 Å². The van der Waals surface area contributed by atoms with Gasteiger partial charge in [0.1, 0.15) is 17.2 Å². The van der Waals surface area contributed by atoms with Gasteiger partial charge in [0.2, 0.25) is 0 Å². The van der Waals surface area contributed by atoms with Crippen molar-refractivity contribution in [2.24, 2.45) is 0 Å². The lowest BCUT2D eigenvalue weighted by Crippen LogP contribution is -2.13. The Morgan fingerprint density at radius 2 is 1.93 bits per heavy atom. The molecule has 0 fully saturated rings. The molecule has 138 valence electrons. The summed E-state index contributed by atoms with van der Waals surface area (Å²) in [5, 5.41) is 3.48. The molecule has 2 aromatic carbocycles. The maximum atomic E-state index is 14.0. The highest BCUT2D eigenvalue weighted by Crippen LogP contribution is 2.29. The lowest BCUT2D eigenvalue weighted by atomic mass is 10.2. The first-order valence-corrected chi connectivity index (χ1v) is 8.98. The number of hydrogen-bond acceptors (Lipinski definition) is 4. The molecule has 0 bridgehead atoms. The predicted molar refractivity (Wildman–Crippen MR) is 107 cm³/mol. The Hall–Kier alpha value is -3.74. The van der Waals surface area contributed by atoms with Crippen LogP contribution in [0.4, 0.5) is 10.1 Å². The van der Waals surface area contributed by atoms with Gasteiger partial charge in [0.05, 0.1) is 29.1 Å². The highest BCUT2D eigenvalue weighted by molar-refractivity contribution is 5.85. The zero-order valence-electron chi connectivity index (χ0n) is 15.1. The molecule has 0 radical (unpaired) electrons. The number of nitrogens with zero attached hydrogens (tertiary/aromatic N) is 4. The molecule has 6 nitrogen and oxygen atoms in total. The van der Waals surface area contributed by atoms with Crippen LogP contribution in [0.3, 0.4) is 0 Å². The maximum absolute atomic E-state index is 14.0. The Morgan fingerprint density at radius 1 is 1.07 bits per heavy atom. The molecule has 28 heavy (non-hydrogen) atoms. The van der Waals surface area contributed by atoms with Gasteiger partial charge in [-0.15, -0.1) is 0 Å². The number of benzene rings is 2. The van der Waals surface area contributed by atoms with Crippen LogP contribution in [0.25, 0.3) is 27.9 Å².